The maximum atomic E-state index is 13.2. The predicted molar refractivity (Wildman–Crippen MR) is 133 cm³/mol. The Kier molecular flexibility index (Phi) is 8.98. The molecule has 0 aliphatic carbocycles. The van der Waals surface area contributed by atoms with Gasteiger partial charge in [-0.05, 0) is 65.1 Å². The topological polar surface area (TPSA) is 163 Å². The minimum Gasteiger partial charge on any atom is -0.444 e. The molecular weight excluding hydrogens is 482 g/mol. The summed E-state index contributed by atoms with van der Waals surface area (Å²) in [5, 5.41) is 10.5. The molecule has 4 N–H and O–H groups in total. The lowest BCUT2D eigenvalue weighted by Crippen LogP contribution is -2.49. The fourth-order valence-electron chi connectivity index (χ4n) is 4.08. The number of ether oxygens (including phenoxy) is 1. The Hall–Kier alpha value is -3.80. The fourth-order valence-corrected chi connectivity index (χ4v) is 4.08. The van der Waals surface area contributed by atoms with Gasteiger partial charge in [0.05, 0.1) is 23.4 Å². The average Bonchev–Trinajstić information content (AvgIpc) is 2.93. The van der Waals surface area contributed by atoms with Gasteiger partial charge in [-0.3, -0.25) is 34.2 Å². The van der Waals surface area contributed by atoms with Crippen molar-refractivity contribution >= 4 is 41.3 Å². The number of hydrogen-bond donors (Lipinski definition) is 4. The highest BCUT2D eigenvalue weighted by molar-refractivity contribution is 6.26. The van der Waals surface area contributed by atoms with Crippen LogP contribution in [-0.4, -0.2) is 71.8 Å². The number of unbranched alkanes of at least 4 members (excludes halogenated alkanes) is 1. The number of hydrogen-bond acceptors (Lipinski definition) is 8. The average molecular weight is 516 g/mol. The van der Waals surface area contributed by atoms with Gasteiger partial charge in [-0.25, -0.2) is 4.79 Å². The maximum Gasteiger partial charge on any atom is 0.407 e. The summed E-state index contributed by atoms with van der Waals surface area (Å²) in [5.74, 6) is -2.85. The molecule has 0 saturated carbocycles. The van der Waals surface area contributed by atoms with Crippen LogP contribution in [0.3, 0.4) is 0 Å². The van der Waals surface area contributed by atoms with E-state index < -0.39 is 47.3 Å². The standard InChI is InChI=1S/C25H33N5O7/c1-25(2,3)37-24(36)27-13-5-4-12-26-14-19(32)28-16-9-6-8-15-20(16)23(35)30(22(15)34)17-10-7-11-18(31)29-21(17)33/h6,8-9,17,26H,4-5,7,10-14H2,1-3H3,(H,27,36)(H,28,32)(H,29,31,33)/t17-/m0/s1. The molecule has 0 unspecified atom stereocenters. The first-order chi connectivity index (χ1) is 17.5. The van der Waals surface area contributed by atoms with Crippen LogP contribution in [0.25, 0.3) is 0 Å². The molecule has 0 radical (unpaired) electrons. The normalized spacial score (nSPS) is 17.7. The van der Waals surface area contributed by atoms with E-state index in [-0.39, 0.29) is 36.2 Å². The predicted octanol–water partition coefficient (Wildman–Crippen LogP) is 1.31. The molecule has 3 rings (SSSR count). The molecule has 0 spiro atoms. The number of nitrogens with zero attached hydrogens (tertiary/aromatic N) is 1. The van der Waals surface area contributed by atoms with E-state index in [9.17, 15) is 28.8 Å². The fraction of sp³-hybridized carbons (Fsp3) is 0.520. The van der Waals surface area contributed by atoms with Gasteiger partial charge >= 0.3 is 6.09 Å². The molecule has 12 nitrogen and oxygen atoms in total. The van der Waals surface area contributed by atoms with Crippen LogP contribution >= 0.6 is 0 Å². The van der Waals surface area contributed by atoms with Gasteiger partial charge in [0.1, 0.15) is 11.6 Å². The molecule has 200 valence electrons. The van der Waals surface area contributed by atoms with Crippen LogP contribution in [0.1, 0.15) is 73.6 Å². The Bertz CT molecular complexity index is 1100. The molecule has 2 heterocycles. The van der Waals surface area contributed by atoms with E-state index in [4.69, 9.17) is 4.74 Å². The second-order valence-electron chi connectivity index (χ2n) is 9.89. The second kappa shape index (κ2) is 12.0. The number of carbonyl (C=O) groups is 6. The van der Waals surface area contributed by atoms with Gasteiger partial charge in [0.15, 0.2) is 0 Å². The second-order valence-corrected chi connectivity index (χ2v) is 9.89. The number of alkyl carbamates (subject to hydrolysis) is 1. The van der Waals surface area contributed by atoms with Crippen LogP contribution in [0.2, 0.25) is 0 Å². The van der Waals surface area contributed by atoms with Crippen molar-refractivity contribution in [3.63, 3.8) is 0 Å². The molecule has 0 bridgehead atoms. The molecule has 2 aliphatic heterocycles. The van der Waals surface area contributed by atoms with Gasteiger partial charge in [-0.15, -0.1) is 0 Å². The van der Waals surface area contributed by atoms with Gasteiger partial charge in [0.2, 0.25) is 17.7 Å². The highest BCUT2D eigenvalue weighted by atomic mass is 16.6. The van der Waals surface area contributed by atoms with Gasteiger partial charge in [0.25, 0.3) is 11.8 Å². The van der Waals surface area contributed by atoms with Crippen LogP contribution in [0.15, 0.2) is 18.2 Å². The number of anilines is 1. The Morgan fingerprint density at radius 3 is 2.54 bits per heavy atom. The Labute approximate surface area is 214 Å². The Morgan fingerprint density at radius 1 is 1.08 bits per heavy atom. The summed E-state index contributed by atoms with van der Waals surface area (Å²) < 4.78 is 5.16. The largest absolute Gasteiger partial charge is 0.444 e. The van der Waals surface area contributed by atoms with Crippen molar-refractivity contribution in [3.05, 3.63) is 29.3 Å². The van der Waals surface area contributed by atoms with Crippen molar-refractivity contribution in [2.24, 2.45) is 0 Å². The lowest BCUT2D eigenvalue weighted by atomic mass is 10.1. The van der Waals surface area contributed by atoms with E-state index in [1.165, 1.54) is 12.1 Å². The zero-order valence-corrected chi connectivity index (χ0v) is 21.3. The lowest BCUT2D eigenvalue weighted by Gasteiger charge is -2.23. The first kappa shape index (κ1) is 27.8. The molecule has 1 saturated heterocycles. The van der Waals surface area contributed by atoms with Gasteiger partial charge in [-0.2, -0.15) is 0 Å². The smallest absolute Gasteiger partial charge is 0.407 e. The number of amides is 6. The van der Waals surface area contributed by atoms with Crippen LogP contribution in [0.5, 0.6) is 0 Å². The van der Waals surface area contributed by atoms with Crippen molar-refractivity contribution in [3.8, 4) is 0 Å². The zero-order chi connectivity index (χ0) is 27.2. The molecule has 12 heteroatoms. The summed E-state index contributed by atoms with van der Waals surface area (Å²) in [6, 6.07) is 3.44. The first-order valence-corrected chi connectivity index (χ1v) is 12.3. The number of imide groups is 2. The first-order valence-electron chi connectivity index (χ1n) is 12.3. The third kappa shape index (κ3) is 7.35. The summed E-state index contributed by atoms with van der Waals surface area (Å²) in [5.41, 5.74) is -0.260. The van der Waals surface area contributed by atoms with Crippen molar-refractivity contribution in [2.45, 2.75) is 64.5 Å². The Balaban J connectivity index is 1.49. The van der Waals surface area contributed by atoms with Crippen LogP contribution in [-0.2, 0) is 19.1 Å². The van der Waals surface area contributed by atoms with Crippen molar-refractivity contribution < 1.29 is 33.5 Å². The van der Waals surface area contributed by atoms with Gasteiger partial charge in [0, 0.05) is 13.0 Å². The zero-order valence-electron chi connectivity index (χ0n) is 21.3. The van der Waals surface area contributed by atoms with Crippen LogP contribution in [0.4, 0.5) is 10.5 Å². The lowest BCUT2D eigenvalue weighted by molar-refractivity contribution is -0.131. The maximum absolute atomic E-state index is 13.2. The van der Waals surface area contributed by atoms with E-state index in [1.807, 2.05) is 0 Å². The van der Waals surface area contributed by atoms with Crippen LogP contribution < -0.4 is 21.3 Å². The highest BCUT2D eigenvalue weighted by Crippen LogP contribution is 2.32. The number of fused-ring (bicyclic) bond motifs is 1. The quantitative estimate of drug-likeness (QED) is 0.283. The summed E-state index contributed by atoms with van der Waals surface area (Å²) in [6.07, 6.45) is 1.60. The molecule has 37 heavy (non-hydrogen) atoms. The van der Waals surface area contributed by atoms with Crippen molar-refractivity contribution in [1.82, 2.24) is 20.9 Å². The molecular formula is C25H33N5O7. The minimum atomic E-state index is -1.09. The van der Waals surface area contributed by atoms with E-state index >= 15 is 0 Å². The third-order valence-electron chi connectivity index (χ3n) is 5.71. The molecule has 6 amide bonds. The summed E-state index contributed by atoms with van der Waals surface area (Å²) >= 11 is 0. The molecule has 1 fully saturated rings. The molecule has 1 aromatic carbocycles. The van der Waals surface area contributed by atoms with Gasteiger partial charge < -0.3 is 20.7 Å². The van der Waals surface area contributed by atoms with Crippen LogP contribution in [0, 0.1) is 0 Å². The Morgan fingerprint density at radius 2 is 1.81 bits per heavy atom. The van der Waals surface area contributed by atoms with E-state index in [1.54, 1.807) is 26.8 Å². The molecule has 2 aliphatic rings. The number of nitrogens with one attached hydrogen (secondary N) is 4. The van der Waals surface area contributed by atoms with E-state index in [0.717, 1.165) is 4.90 Å². The number of carbonyl (C=O) groups excluding carboxylic acids is 6. The summed E-state index contributed by atoms with van der Waals surface area (Å²) in [6.45, 7) is 6.30. The van der Waals surface area contributed by atoms with E-state index in [2.05, 4.69) is 21.3 Å². The monoisotopic (exact) mass is 515 g/mol. The van der Waals surface area contributed by atoms with Gasteiger partial charge in [-0.1, -0.05) is 6.07 Å². The number of rotatable bonds is 9. The minimum absolute atomic E-state index is 0.0254. The molecule has 0 aromatic heterocycles. The third-order valence-corrected chi connectivity index (χ3v) is 5.71. The number of benzene rings is 1. The molecule has 1 atom stereocenters. The molecule has 1 aromatic rings. The van der Waals surface area contributed by atoms with Crippen molar-refractivity contribution in [1.29, 1.82) is 0 Å². The SMILES string of the molecule is CC(C)(C)OC(=O)NCCCCNCC(=O)Nc1cccc2c1C(=O)N([C@H]1CCCC(=O)NC1=O)C2=O. The highest BCUT2D eigenvalue weighted by Gasteiger charge is 2.44. The van der Waals surface area contributed by atoms with Crippen molar-refractivity contribution in [2.75, 3.05) is 25.0 Å². The summed E-state index contributed by atoms with van der Waals surface area (Å²) in [7, 11) is 0. The van der Waals surface area contributed by atoms with E-state index in [0.29, 0.717) is 32.4 Å². The summed E-state index contributed by atoms with van der Waals surface area (Å²) in [4.78, 5) is 75.2.